The summed E-state index contributed by atoms with van der Waals surface area (Å²) < 4.78 is 1.93. The van der Waals surface area contributed by atoms with E-state index in [1.54, 1.807) is 6.33 Å². The van der Waals surface area contributed by atoms with Crippen LogP contribution in [-0.2, 0) is 5.60 Å². The minimum absolute atomic E-state index is 0.321. The van der Waals surface area contributed by atoms with Gasteiger partial charge in [-0.15, -0.1) is 0 Å². The van der Waals surface area contributed by atoms with E-state index in [2.05, 4.69) is 32.4 Å². The van der Waals surface area contributed by atoms with Gasteiger partial charge in [-0.25, -0.2) is 15.0 Å². The minimum atomic E-state index is -0.966. The van der Waals surface area contributed by atoms with Crippen molar-refractivity contribution in [2.75, 3.05) is 5.32 Å². The predicted molar refractivity (Wildman–Crippen MR) is 114 cm³/mol. The summed E-state index contributed by atoms with van der Waals surface area (Å²) in [5.74, 6) is 1.19. The number of nitrogens with zero attached hydrogens (tertiary/aromatic N) is 4. The smallest absolute Gasteiger partial charge is 0.227 e. The molecule has 5 rings (SSSR count). The molecule has 3 N–H and O–H groups in total. The van der Waals surface area contributed by atoms with E-state index in [1.165, 1.54) is 12.8 Å². The maximum absolute atomic E-state index is 11.0. The third kappa shape index (κ3) is 3.95. The Labute approximate surface area is 175 Å². The number of aliphatic hydroxyl groups is 2. The first-order chi connectivity index (χ1) is 14.5. The Balaban J connectivity index is 1.39. The lowest BCUT2D eigenvalue weighted by atomic mass is 9.81. The quantitative estimate of drug-likeness (QED) is 0.599. The molecule has 0 saturated heterocycles. The van der Waals surface area contributed by atoms with E-state index in [0.29, 0.717) is 43.2 Å². The molecule has 2 heterocycles. The summed E-state index contributed by atoms with van der Waals surface area (Å²) in [5, 5.41) is 24.1. The molecule has 156 valence electrons. The SMILES string of the molecule is Cc1cc(Nc2nccc(C3CC3)n2)cc(-n2cnc([C@]3(O)CC[C@H](O)CC3)c2)c1. The zero-order valence-corrected chi connectivity index (χ0v) is 17.1. The highest BCUT2D eigenvalue weighted by molar-refractivity contribution is 5.59. The number of aliphatic hydroxyl groups excluding tert-OH is 1. The van der Waals surface area contributed by atoms with E-state index in [0.717, 1.165) is 22.6 Å². The fraction of sp³-hybridized carbons (Fsp3) is 0.435. The maximum Gasteiger partial charge on any atom is 0.227 e. The van der Waals surface area contributed by atoms with Gasteiger partial charge in [-0.2, -0.15) is 0 Å². The highest BCUT2D eigenvalue weighted by Gasteiger charge is 2.36. The lowest BCUT2D eigenvalue weighted by Gasteiger charge is -2.32. The summed E-state index contributed by atoms with van der Waals surface area (Å²) in [5.41, 5.74) is 3.76. The van der Waals surface area contributed by atoms with Crippen LogP contribution in [0.3, 0.4) is 0 Å². The van der Waals surface area contributed by atoms with E-state index in [-0.39, 0.29) is 6.10 Å². The second-order valence-electron chi connectivity index (χ2n) is 8.69. The van der Waals surface area contributed by atoms with Gasteiger partial charge in [0.1, 0.15) is 5.60 Å². The van der Waals surface area contributed by atoms with Crippen LogP contribution in [0.1, 0.15) is 61.4 Å². The first-order valence-corrected chi connectivity index (χ1v) is 10.7. The number of imidazole rings is 1. The molecule has 0 aliphatic heterocycles. The summed E-state index contributed by atoms with van der Waals surface area (Å²) >= 11 is 0. The molecular weight excluding hydrogens is 378 g/mol. The second kappa shape index (κ2) is 7.49. The van der Waals surface area contributed by atoms with Crippen molar-refractivity contribution < 1.29 is 10.2 Å². The van der Waals surface area contributed by atoms with Gasteiger partial charge in [0.05, 0.1) is 18.1 Å². The molecule has 2 aliphatic carbocycles. The average molecular weight is 406 g/mol. The predicted octanol–water partition coefficient (Wildman–Crippen LogP) is 3.71. The maximum atomic E-state index is 11.0. The van der Waals surface area contributed by atoms with Crippen LogP contribution >= 0.6 is 0 Å². The van der Waals surface area contributed by atoms with Crippen LogP contribution in [0, 0.1) is 6.92 Å². The Morgan fingerprint density at radius 3 is 2.67 bits per heavy atom. The van der Waals surface area contributed by atoms with Crippen molar-refractivity contribution in [1.29, 1.82) is 0 Å². The molecule has 0 unspecified atom stereocenters. The Morgan fingerprint density at radius 1 is 1.10 bits per heavy atom. The third-order valence-corrected chi connectivity index (χ3v) is 6.13. The third-order valence-electron chi connectivity index (χ3n) is 6.13. The summed E-state index contributed by atoms with van der Waals surface area (Å²) in [7, 11) is 0. The first kappa shape index (κ1) is 19.2. The van der Waals surface area contributed by atoms with Crippen LogP contribution < -0.4 is 5.32 Å². The summed E-state index contributed by atoms with van der Waals surface area (Å²) in [4.78, 5) is 13.5. The van der Waals surface area contributed by atoms with Gasteiger partial charge >= 0.3 is 0 Å². The van der Waals surface area contributed by atoms with Crippen LogP contribution in [0.25, 0.3) is 5.69 Å². The number of hydrogen-bond donors (Lipinski definition) is 3. The van der Waals surface area contributed by atoms with Gasteiger partial charge in [0, 0.05) is 35.4 Å². The fourth-order valence-electron chi connectivity index (χ4n) is 4.19. The first-order valence-electron chi connectivity index (χ1n) is 10.7. The van der Waals surface area contributed by atoms with Crippen molar-refractivity contribution in [2.24, 2.45) is 0 Å². The highest BCUT2D eigenvalue weighted by atomic mass is 16.3. The molecule has 0 bridgehead atoms. The van der Waals surface area contributed by atoms with E-state index in [4.69, 9.17) is 0 Å². The zero-order chi connectivity index (χ0) is 20.7. The molecule has 2 aliphatic rings. The van der Waals surface area contributed by atoms with Crippen molar-refractivity contribution in [3.63, 3.8) is 0 Å². The van der Waals surface area contributed by atoms with Crippen LogP contribution in [0.2, 0.25) is 0 Å². The highest BCUT2D eigenvalue weighted by Crippen LogP contribution is 2.39. The van der Waals surface area contributed by atoms with E-state index in [1.807, 2.05) is 36.0 Å². The summed E-state index contributed by atoms with van der Waals surface area (Å²) in [6.07, 6.45) is 9.78. The molecular formula is C23H27N5O2. The van der Waals surface area contributed by atoms with Gasteiger partial charge in [-0.3, -0.25) is 0 Å². The van der Waals surface area contributed by atoms with Crippen LogP contribution in [0.5, 0.6) is 0 Å². The number of aryl methyl sites for hydroxylation is 1. The molecule has 1 aromatic carbocycles. The van der Waals surface area contributed by atoms with Gasteiger partial charge < -0.3 is 20.1 Å². The number of benzene rings is 1. The van der Waals surface area contributed by atoms with Crippen LogP contribution in [0.4, 0.5) is 11.6 Å². The monoisotopic (exact) mass is 405 g/mol. The normalized spacial score (nSPS) is 24.0. The molecule has 0 amide bonds. The van der Waals surface area contributed by atoms with Crippen molar-refractivity contribution in [3.05, 3.63) is 59.9 Å². The largest absolute Gasteiger partial charge is 0.393 e. The summed E-state index contributed by atoms with van der Waals surface area (Å²) in [6, 6.07) is 8.16. The molecule has 30 heavy (non-hydrogen) atoms. The number of nitrogens with one attached hydrogen (secondary N) is 1. The lowest BCUT2D eigenvalue weighted by Crippen LogP contribution is -2.33. The number of hydrogen-bond acceptors (Lipinski definition) is 6. The molecule has 0 spiro atoms. The Bertz CT molecular complexity index is 1050. The van der Waals surface area contributed by atoms with Crippen LogP contribution in [0.15, 0.2) is 43.0 Å². The van der Waals surface area contributed by atoms with E-state index in [9.17, 15) is 10.2 Å². The standard InChI is InChI=1S/C23H27N5O2/c1-15-10-17(26-22-24-9-6-20(27-22)16-2-3-16)12-18(11-15)28-13-21(25-14-28)23(30)7-4-19(29)5-8-23/h6,9-14,16,19,29-30H,2-5,7-8H2,1H3,(H,24,26,27)/t19-,23-. The van der Waals surface area contributed by atoms with Gasteiger partial charge in [0.15, 0.2) is 0 Å². The lowest BCUT2D eigenvalue weighted by molar-refractivity contribution is -0.0389. The fourth-order valence-corrected chi connectivity index (χ4v) is 4.19. The molecule has 0 atom stereocenters. The molecule has 2 aromatic heterocycles. The van der Waals surface area contributed by atoms with E-state index >= 15 is 0 Å². The molecule has 3 aromatic rings. The Morgan fingerprint density at radius 2 is 1.90 bits per heavy atom. The molecule has 2 saturated carbocycles. The molecule has 2 fully saturated rings. The number of aromatic nitrogens is 4. The minimum Gasteiger partial charge on any atom is -0.393 e. The molecule has 0 radical (unpaired) electrons. The van der Waals surface area contributed by atoms with Crippen molar-refractivity contribution >= 4 is 11.6 Å². The topological polar surface area (TPSA) is 96.1 Å². The van der Waals surface area contributed by atoms with Crippen molar-refractivity contribution in [2.45, 2.75) is 63.1 Å². The van der Waals surface area contributed by atoms with E-state index < -0.39 is 5.60 Å². The van der Waals surface area contributed by atoms with Gasteiger partial charge in [0.2, 0.25) is 5.95 Å². The zero-order valence-electron chi connectivity index (χ0n) is 17.1. The molecule has 7 heteroatoms. The second-order valence-corrected chi connectivity index (χ2v) is 8.69. The van der Waals surface area contributed by atoms with Gasteiger partial charge in [-0.05, 0) is 75.3 Å². The Hall–Kier alpha value is -2.77. The number of rotatable bonds is 5. The average Bonchev–Trinajstić information content (AvgIpc) is 3.46. The van der Waals surface area contributed by atoms with Gasteiger partial charge in [-0.1, -0.05) is 0 Å². The van der Waals surface area contributed by atoms with Crippen molar-refractivity contribution in [3.8, 4) is 5.69 Å². The molecule has 7 nitrogen and oxygen atoms in total. The van der Waals surface area contributed by atoms with Crippen LogP contribution in [-0.4, -0.2) is 35.8 Å². The van der Waals surface area contributed by atoms with Gasteiger partial charge in [0.25, 0.3) is 0 Å². The number of anilines is 2. The summed E-state index contributed by atoms with van der Waals surface area (Å²) in [6.45, 7) is 2.05. The Kier molecular flexibility index (Phi) is 4.79. The van der Waals surface area contributed by atoms with Crippen molar-refractivity contribution in [1.82, 2.24) is 19.5 Å².